The van der Waals surface area contributed by atoms with Gasteiger partial charge in [-0.15, -0.1) is 0 Å². The molecule has 378 valence electrons. The van der Waals surface area contributed by atoms with Crippen molar-refractivity contribution in [1.82, 2.24) is 10.6 Å². The largest absolute Gasteiger partial charge is 0.481 e. The number of nitrogens with one attached hydrogen (secondary N) is 2. The van der Waals surface area contributed by atoms with Crippen molar-refractivity contribution in [2.45, 2.75) is 190 Å². The highest BCUT2D eigenvalue weighted by atomic mass is 16.5. The zero-order valence-electron chi connectivity index (χ0n) is 43.9. The molecule has 5 aliphatic carbocycles. The molecular weight excluding hydrogens is 845 g/mol. The number of fused-ring (bicyclic) bond motifs is 7. The van der Waals surface area contributed by atoms with Crippen molar-refractivity contribution in [3.05, 3.63) is 85.1 Å². The third-order valence-corrected chi connectivity index (χ3v) is 18.8. The summed E-state index contributed by atoms with van der Waals surface area (Å²) in [7, 11) is 0. The second-order valence-corrected chi connectivity index (χ2v) is 23.6. The Morgan fingerprint density at radius 3 is 1.82 bits per heavy atom. The first kappa shape index (κ1) is 55.0. The Morgan fingerprint density at radius 1 is 0.676 bits per heavy atom. The number of hydrogen-bond acceptors (Lipinski definition) is 5. The SMILES string of the molecule is C=C(C)[C@@H]1CC[C@]2(C(=O)NCCNC(=O)CC/C=C\C/C=C\C/C=C\C/C=C\C/C=C\C/C=C\CC)CC[C@]3(C)[C@H](CC[C@@H]4[C@@]5(C)CC[C@H](OC(=O)CC(C)(C)C(=O)O)C(C)(C)[C@@H]5CC[C@]43C)[C@@H]12. The molecule has 0 aromatic carbocycles. The number of carbonyl (C=O) groups excluding carboxylic acids is 3. The molecule has 8 heteroatoms. The topological polar surface area (TPSA) is 122 Å². The van der Waals surface area contributed by atoms with Gasteiger partial charge in [-0.1, -0.05) is 127 Å². The monoisotopic (exact) mass is 937 g/mol. The number of allylic oxidation sites excluding steroid dienone is 13. The Labute approximate surface area is 412 Å². The summed E-state index contributed by atoms with van der Waals surface area (Å²) < 4.78 is 6.20. The van der Waals surface area contributed by atoms with Gasteiger partial charge >= 0.3 is 11.9 Å². The van der Waals surface area contributed by atoms with Gasteiger partial charge in [0, 0.05) is 24.9 Å². The first-order valence-corrected chi connectivity index (χ1v) is 26.7. The molecule has 68 heavy (non-hydrogen) atoms. The van der Waals surface area contributed by atoms with Gasteiger partial charge in [-0.05, 0) is 176 Å². The van der Waals surface area contributed by atoms with Crippen LogP contribution < -0.4 is 10.6 Å². The van der Waals surface area contributed by atoms with Crippen LogP contribution in [0.5, 0.6) is 0 Å². The van der Waals surface area contributed by atoms with Gasteiger partial charge in [0.1, 0.15) is 6.10 Å². The van der Waals surface area contributed by atoms with E-state index in [-0.39, 0.29) is 51.9 Å². The van der Waals surface area contributed by atoms with E-state index in [9.17, 15) is 24.3 Å². The smallest absolute Gasteiger partial charge is 0.309 e. The van der Waals surface area contributed by atoms with Gasteiger partial charge in [-0.25, -0.2) is 0 Å². The number of carboxylic acid groups (broad SMARTS) is 1. The average molecular weight is 937 g/mol. The Bertz CT molecular complexity index is 1950. The Hall–Kier alpha value is -3.94. The molecule has 2 amide bonds. The van der Waals surface area contributed by atoms with E-state index >= 15 is 0 Å². The standard InChI is InChI=1S/C60H92N2O6/c1-11-12-13-14-15-16-17-18-19-20-21-22-23-24-25-26-27-28-29-30-50(63)61-41-42-62-53(65)60-38-33-45(44(2)3)52(60)46-31-32-48-57(8)36-35-49(68-51(64)43-55(4,5)54(66)67)56(6,7)47(57)34-37-59(48,10)58(46,9)39-40-60/h12-13,15-16,18-19,21-22,24-25,27-28,45-49,52H,2,11,14,17,20,23,26,29-43H2,1,3-10H3,(H,61,63)(H,62,65)(H,66,67)/b13-12-,16-15-,19-18-,22-21-,25-24-,28-27-/t45-,46+,47-,48+,49-,52+,57-,58+,59+,60-/m0/s1. The number of esters is 1. The van der Waals surface area contributed by atoms with E-state index in [2.05, 4.69) is 139 Å². The van der Waals surface area contributed by atoms with Crippen molar-refractivity contribution in [3.63, 3.8) is 0 Å². The van der Waals surface area contributed by atoms with Crippen LogP contribution in [0.2, 0.25) is 0 Å². The molecular formula is C60H92N2O6. The van der Waals surface area contributed by atoms with Crippen molar-refractivity contribution >= 4 is 23.8 Å². The first-order valence-electron chi connectivity index (χ1n) is 26.7. The van der Waals surface area contributed by atoms with E-state index < -0.39 is 22.8 Å². The Balaban J connectivity index is 1.09. The summed E-state index contributed by atoms with van der Waals surface area (Å²) in [6.07, 6.45) is 42.8. The summed E-state index contributed by atoms with van der Waals surface area (Å²) in [6.45, 7) is 25.2. The summed E-state index contributed by atoms with van der Waals surface area (Å²) in [5, 5.41) is 16.0. The molecule has 10 atom stereocenters. The number of amides is 2. The number of aliphatic carboxylic acids is 1. The molecule has 0 aromatic heterocycles. The second kappa shape index (κ2) is 23.8. The Kier molecular flexibility index (Phi) is 19.2. The maximum absolute atomic E-state index is 14.6. The van der Waals surface area contributed by atoms with Crippen molar-refractivity contribution < 1.29 is 29.0 Å². The van der Waals surface area contributed by atoms with Crippen molar-refractivity contribution in [2.24, 2.45) is 62.1 Å². The molecule has 0 heterocycles. The summed E-state index contributed by atoms with van der Waals surface area (Å²) in [4.78, 5) is 52.3. The van der Waals surface area contributed by atoms with Crippen LogP contribution in [0.1, 0.15) is 184 Å². The molecule has 0 unspecified atom stereocenters. The molecule has 3 N–H and O–H groups in total. The maximum atomic E-state index is 14.6. The van der Waals surface area contributed by atoms with Crippen molar-refractivity contribution in [2.75, 3.05) is 13.1 Å². The summed E-state index contributed by atoms with van der Waals surface area (Å²) in [5.74, 6) is 0.674. The van der Waals surface area contributed by atoms with E-state index in [1.54, 1.807) is 13.8 Å². The third-order valence-electron chi connectivity index (χ3n) is 18.8. The van der Waals surface area contributed by atoms with E-state index in [0.717, 1.165) is 103 Å². The van der Waals surface area contributed by atoms with Gasteiger partial charge < -0.3 is 20.5 Å². The Morgan fingerprint density at radius 2 is 1.25 bits per heavy atom. The molecule has 5 fully saturated rings. The lowest BCUT2D eigenvalue weighted by Crippen LogP contribution is -2.67. The fourth-order valence-corrected chi connectivity index (χ4v) is 14.9. The third kappa shape index (κ3) is 12.1. The number of ether oxygens (including phenoxy) is 1. The number of rotatable bonds is 23. The molecule has 0 aromatic rings. The highest BCUT2D eigenvalue weighted by Crippen LogP contribution is 2.77. The van der Waals surface area contributed by atoms with Crippen LogP contribution in [-0.4, -0.2) is 48.1 Å². The van der Waals surface area contributed by atoms with Crippen molar-refractivity contribution in [1.29, 1.82) is 0 Å². The fourth-order valence-electron chi connectivity index (χ4n) is 14.9. The number of carboxylic acids is 1. The molecule has 0 saturated heterocycles. The zero-order chi connectivity index (χ0) is 49.8. The lowest BCUT2D eigenvalue weighted by atomic mass is 9.32. The van der Waals surface area contributed by atoms with Crippen LogP contribution in [-0.2, 0) is 23.9 Å². The van der Waals surface area contributed by atoms with Crippen LogP contribution in [0, 0.1) is 62.1 Å². The van der Waals surface area contributed by atoms with Gasteiger partial charge in [-0.2, -0.15) is 0 Å². The number of hydrogen-bond donors (Lipinski definition) is 3. The van der Waals surface area contributed by atoms with Gasteiger partial charge in [0.15, 0.2) is 0 Å². The van der Waals surface area contributed by atoms with Crippen LogP contribution in [0.25, 0.3) is 0 Å². The van der Waals surface area contributed by atoms with Crippen LogP contribution >= 0.6 is 0 Å². The van der Waals surface area contributed by atoms with E-state index in [4.69, 9.17) is 4.74 Å². The second-order valence-electron chi connectivity index (χ2n) is 23.6. The normalized spacial score (nSPS) is 33.5. The molecule has 0 radical (unpaired) electrons. The molecule has 0 aliphatic heterocycles. The van der Waals surface area contributed by atoms with E-state index in [0.29, 0.717) is 49.6 Å². The summed E-state index contributed by atoms with van der Waals surface area (Å²) in [6, 6.07) is 0. The predicted molar refractivity (Wildman–Crippen MR) is 278 cm³/mol. The van der Waals surface area contributed by atoms with E-state index in [1.807, 2.05) is 0 Å². The maximum Gasteiger partial charge on any atom is 0.309 e. The first-order chi connectivity index (χ1) is 32.2. The van der Waals surface area contributed by atoms with Crippen LogP contribution in [0.4, 0.5) is 0 Å². The predicted octanol–water partition coefficient (Wildman–Crippen LogP) is 13.8. The van der Waals surface area contributed by atoms with Gasteiger partial charge in [0.05, 0.1) is 17.3 Å². The minimum Gasteiger partial charge on any atom is -0.481 e. The molecule has 5 rings (SSSR count). The quantitative estimate of drug-likeness (QED) is 0.0533. The summed E-state index contributed by atoms with van der Waals surface area (Å²) >= 11 is 0. The molecule has 5 saturated carbocycles. The van der Waals surface area contributed by atoms with Crippen LogP contribution in [0.15, 0.2) is 85.1 Å². The van der Waals surface area contributed by atoms with E-state index in [1.165, 1.54) is 5.57 Å². The summed E-state index contributed by atoms with van der Waals surface area (Å²) in [5.41, 5.74) is -0.355. The molecule has 0 bridgehead atoms. The average Bonchev–Trinajstić information content (AvgIpc) is 3.68. The zero-order valence-corrected chi connectivity index (χ0v) is 43.9. The minimum atomic E-state index is -1.17. The fraction of sp³-hybridized carbons (Fsp3) is 0.700. The molecule has 5 aliphatic rings. The highest BCUT2D eigenvalue weighted by molar-refractivity contribution is 5.84. The molecule has 0 spiro atoms. The molecule has 8 nitrogen and oxygen atoms in total. The van der Waals surface area contributed by atoms with Gasteiger partial charge in [0.25, 0.3) is 0 Å². The lowest BCUT2D eigenvalue weighted by Gasteiger charge is -2.72. The van der Waals surface area contributed by atoms with Crippen LogP contribution in [0.3, 0.4) is 0 Å². The van der Waals surface area contributed by atoms with Gasteiger partial charge in [0.2, 0.25) is 11.8 Å². The minimum absolute atomic E-state index is 0.0116. The lowest BCUT2D eigenvalue weighted by molar-refractivity contribution is -0.249. The highest BCUT2D eigenvalue weighted by Gasteiger charge is 2.72. The number of carbonyl (C=O) groups is 4. The van der Waals surface area contributed by atoms with Gasteiger partial charge in [-0.3, -0.25) is 19.2 Å². The van der Waals surface area contributed by atoms with Crippen molar-refractivity contribution in [3.8, 4) is 0 Å².